The van der Waals surface area contributed by atoms with Gasteiger partial charge in [-0.05, 0) is 30.7 Å². The molecule has 1 unspecified atom stereocenters. The second-order valence-electron chi connectivity index (χ2n) is 4.02. The first-order valence-corrected chi connectivity index (χ1v) is 7.27. The van der Waals surface area contributed by atoms with E-state index in [-0.39, 0.29) is 4.90 Å². The Hall–Kier alpha value is -1.75. The van der Waals surface area contributed by atoms with Crippen molar-refractivity contribution >= 4 is 15.4 Å². The van der Waals surface area contributed by atoms with Crippen LogP contribution >= 0.6 is 0 Å². The van der Waals surface area contributed by atoms with E-state index in [0.717, 1.165) is 0 Å². The Labute approximate surface area is 111 Å². The number of aryl methyl sites for hydroxylation is 1. The van der Waals surface area contributed by atoms with Gasteiger partial charge in [0, 0.05) is 0 Å². The predicted molar refractivity (Wildman–Crippen MR) is 72.1 cm³/mol. The zero-order valence-electron chi connectivity index (χ0n) is 10.3. The van der Waals surface area contributed by atoms with Crippen molar-refractivity contribution in [2.24, 2.45) is 4.36 Å². The van der Waals surface area contributed by atoms with Crippen LogP contribution in [0.25, 0.3) is 0 Å². The van der Waals surface area contributed by atoms with Gasteiger partial charge in [-0.3, -0.25) is 0 Å². The molecule has 0 bridgehead atoms. The van der Waals surface area contributed by atoms with Gasteiger partial charge in [-0.1, -0.05) is 36.4 Å². The third-order valence-corrected chi connectivity index (χ3v) is 4.57. The topological polar surface area (TPSA) is 29.4 Å². The molecule has 0 aliphatic carbocycles. The van der Waals surface area contributed by atoms with Crippen molar-refractivity contribution < 1.29 is 13.0 Å². The van der Waals surface area contributed by atoms with E-state index in [9.17, 15) is 13.0 Å². The molecule has 5 heteroatoms. The molecule has 2 aromatic carbocycles. The second-order valence-corrected chi connectivity index (χ2v) is 6.17. The molecule has 1 atom stereocenters. The maximum Gasteiger partial charge on any atom is 0.323 e. The van der Waals surface area contributed by atoms with E-state index < -0.39 is 15.5 Å². The fourth-order valence-corrected chi connectivity index (χ4v) is 3.06. The van der Waals surface area contributed by atoms with E-state index >= 15 is 0 Å². The summed E-state index contributed by atoms with van der Waals surface area (Å²) in [5.74, 6) is -3.03. The molecule has 0 fully saturated rings. The number of benzene rings is 2. The minimum atomic E-state index is -3.77. The first-order valence-electron chi connectivity index (χ1n) is 5.69. The van der Waals surface area contributed by atoms with Gasteiger partial charge < -0.3 is 0 Å². The molecule has 2 rings (SSSR count). The molecule has 2 aromatic rings. The van der Waals surface area contributed by atoms with Crippen LogP contribution in [0.2, 0.25) is 0 Å². The summed E-state index contributed by atoms with van der Waals surface area (Å²) in [4.78, 5) is 0.0493. The van der Waals surface area contributed by atoms with Crippen LogP contribution in [0.3, 0.4) is 0 Å². The molecule has 0 aromatic heterocycles. The Morgan fingerprint density at radius 3 is 2.16 bits per heavy atom. The van der Waals surface area contributed by atoms with Crippen LogP contribution in [0.15, 0.2) is 63.9 Å². The summed E-state index contributed by atoms with van der Waals surface area (Å²) in [5.41, 5.74) is 1.04. The molecule has 0 N–H and O–H groups in total. The molecule has 0 aliphatic heterocycles. The van der Waals surface area contributed by atoms with Crippen LogP contribution in [-0.4, -0.2) is 9.97 Å². The number of hydrogen-bond acceptors (Lipinski definition) is 2. The maximum absolute atomic E-state index is 13.2. The van der Waals surface area contributed by atoms with Crippen molar-refractivity contribution in [1.82, 2.24) is 0 Å². The average molecular weight is 281 g/mol. The largest absolute Gasteiger partial charge is 0.323 e. The van der Waals surface area contributed by atoms with Crippen LogP contribution in [0, 0.1) is 6.92 Å². The van der Waals surface area contributed by atoms with Crippen molar-refractivity contribution in [3.05, 3.63) is 60.2 Å². The minimum Gasteiger partial charge on any atom is -0.239 e. The summed E-state index contributed by atoms with van der Waals surface area (Å²) in [7, 11) is -3.77. The maximum atomic E-state index is 13.2. The van der Waals surface area contributed by atoms with Crippen LogP contribution in [0.4, 0.5) is 14.5 Å². The highest BCUT2D eigenvalue weighted by molar-refractivity contribution is 7.94. The number of halogens is 2. The lowest BCUT2D eigenvalue weighted by Gasteiger charge is -2.10. The molecule has 0 saturated carbocycles. The SMILES string of the molecule is Cc1ccccc1N=S(=O)(c1ccccc1)C(F)F. The number of nitrogens with zero attached hydrogens (tertiary/aromatic N) is 1. The summed E-state index contributed by atoms with van der Waals surface area (Å²) < 4.78 is 42.8. The summed E-state index contributed by atoms with van der Waals surface area (Å²) in [6.07, 6.45) is 0. The second kappa shape index (κ2) is 5.48. The number of hydrogen-bond donors (Lipinski definition) is 0. The Morgan fingerprint density at radius 1 is 1.00 bits per heavy atom. The molecular weight excluding hydrogens is 268 g/mol. The number of alkyl halides is 2. The van der Waals surface area contributed by atoms with Gasteiger partial charge in [-0.25, -0.2) is 4.21 Å². The molecule has 2 nitrogen and oxygen atoms in total. The minimum absolute atomic E-state index is 0.0493. The fourth-order valence-electron chi connectivity index (χ4n) is 1.62. The Morgan fingerprint density at radius 2 is 1.58 bits per heavy atom. The van der Waals surface area contributed by atoms with Crippen LogP contribution in [0.1, 0.15) is 5.56 Å². The van der Waals surface area contributed by atoms with E-state index in [2.05, 4.69) is 4.36 Å². The van der Waals surface area contributed by atoms with Gasteiger partial charge in [0.25, 0.3) is 0 Å². The molecule has 0 saturated heterocycles. The molecule has 0 amide bonds. The smallest absolute Gasteiger partial charge is 0.239 e. The van der Waals surface area contributed by atoms with Crippen molar-refractivity contribution in [3.63, 3.8) is 0 Å². The van der Waals surface area contributed by atoms with Gasteiger partial charge in [0.1, 0.15) is 9.73 Å². The summed E-state index contributed by atoms with van der Waals surface area (Å²) in [6, 6.07) is 14.4. The monoisotopic (exact) mass is 281 g/mol. The fraction of sp³-hybridized carbons (Fsp3) is 0.143. The highest BCUT2D eigenvalue weighted by atomic mass is 32.2. The van der Waals surface area contributed by atoms with Crippen molar-refractivity contribution in [1.29, 1.82) is 0 Å². The summed E-state index contributed by atoms with van der Waals surface area (Å²) >= 11 is 0. The van der Waals surface area contributed by atoms with Gasteiger partial charge in [0.2, 0.25) is 0 Å². The van der Waals surface area contributed by atoms with Crippen LogP contribution in [-0.2, 0) is 9.73 Å². The van der Waals surface area contributed by atoms with Gasteiger partial charge >= 0.3 is 5.76 Å². The molecule has 0 spiro atoms. The van der Waals surface area contributed by atoms with Gasteiger partial charge in [-0.15, -0.1) is 0 Å². The lowest BCUT2D eigenvalue weighted by molar-refractivity contribution is 0.241. The quantitative estimate of drug-likeness (QED) is 0.821. The lowest BCUT2D eigenvalue weighted by Crippen LogP contribution is -2.11. The Bertz CT molecular complexity index is 677. The standard InChI is InChI=1S/C14H13F2NOS/c1-11-7-5-6-10-13(11)17-19(18,14(15)16)12-8-3-2-4-9-12/h2-10,14H,1H3. The first-order chi connectivity index (χ1) is 9.04. The highest BCUT2D eigenvalue weighted by Crippen LogP contribution is 2.27. The zero-order chi connectivity index (χ0) is 13.9. The van der Waals surface area contributed by atoms with E-state index in [1.165, 1.54) is 12.1 Å². The Kier molecular flexibility index (Phi) is 3.95. The van der Waals surface area contributed by atoms with Crippen LogP contribution in [0.5, 0.6) is 0 Å². The predicted octanol–water partition coefficient (Wildman–Crippen LogP) is 4.38. The molecule has 0 aliphatic rings. The van der Waals surface area contributed by atoms with E-state index in [1.807, 2.05) is 0 Å². The molecular formula is C14H13F2NOS. The van der Waals surface area contributed by atoms with E-state index in [1.54, 1.807) is 49.4 Å². The zero-order valence-corrected chi connectivity index (χ0v) is 11.1. The van der Waals surface area contributed by atoms with E-state index in [4.69, 9.17) is 0 Å². The third kappa shape index (κ3) is 2.81. The highest BCUT2D eigenvalue weighted by Gasteiger charge is 2.24. The average Bonchev–Trinajstić information content (AvgIpc) is 2.42. The van der Waals surface area contributed by atoms with Gasteiger partial charge in [0.15, 0.2) is 0 Å². The van der Waals surface area contributed by atoms with Crippen molar-refractivity contribution in [2.45, 2.75) is 17.6 Å². The van der Waals surface area contributed by atoms with Crippen molar-refractivity contribution in [3.8, 4) is 0 Å². The third-order valence-electron chi connectivity index (χ3n) is 2.67. The summed E-state index contributed by atoms with van der Waals surface area (Å²) in [6.45, 7) is 1.75. The van der Waals surface area contributed by atoms with Crippen LogP contribution < -0.4 is 0 Å². The van der Waals surface area contributed by atoms with Crippen molar-refractivity contribution in [2.75, 3.05) is 0 Å². The Balaban J connectivity index is 2.66. The summed E-state index contributed by atoms with van der Waals surface area (Å²) in [5, 5.41) is 0. The molecule has 100 valence electrons. The first kappa shape index (κ1) is 13.7. The van der Waals surface area contributed by atoms with E-state index in [0.29, 0.717) is 11.3 Å². The molecule has 19 heavy (non-hydrogen) atoms. The van der Waals surface area contributed by atoms with Gasteiger partial charge in [-0.2, -0.15) is 13.1 Å². The molecule has 0 heterocycles. The number of rotatable bonds is 3. The molecule has 0 radical (unpaired) electrons. The van der Waals surface area contributed by atoms with Gasteiger partial charge in [0.05, 0.1) is 10.6 Å². The lowest BCUT2D eigenvalue weighted by atomic mass is 10.2. The normalized spacial score (nSPS) is 14.1.